The summed E-state index contributed by atoms with van der Waals surface area (Å²) in [5.41, 5.74) is 8.52. The minimum absolute atomic E-state index is 0. The largest absolute Gasteiger partial charge is 0.505 e. The maximum absolute atomic E-state index is 13.2. The van der Waals surface area contributed by atoms with E-state index >= 15 is 0 Å². The Labute approximate surface area is 146 Å². The molecule has 0 heterocycles. The Hall–Kier alpha value is -1.83. The predicted molar refractivity (Wildman–Crippen MR) is 98.2 cm³/mol. The second kappa shape index (κ2) is 8.57. The second-order valence-corrected chi connectivity index (χ2v) is 4.67. The number of hydrogen-bond acceptors (Lipinski definition) is 2. The SMILES string of the molecule is CCc1cccc(NC(N)=NCc2ccc(O)c(F)c2)c1.I. The molecule has 0 aliphatic heterocycles. The summed E-state index contributed by atoms with van der Waals surface area (Å²) in [5.74, 6) is -0.771. The van der Waals surface area contributed by atoms with Crippen molar-refractivity contribution >= 4 is 35.6 Å². The van der Waals surface area contributed by atoms with Crippen molar-refractivity contribution in [2.24, 2.45) is 10.7 Å². The fourth-order valence-electron chi connectivity index (χ4n) is 1.88. The summed E-state index contributed by atoms with van der Waals surface area (Å²) in [6, 6.07) is 12.0. The third-order valence-corrected chi connectivity index (χ3v) is 3.05. The number of hydrogen-bond donors (Lipinski definition) is 3. The van der Waals surface area contributed by atoms with Gasteiger partial charge in [-0.1, -0.05) is 25.1 Å². The first-order valence-corrected chi connectivity index (χ1v) is 6.71. The molecule has 2 aromatic carbocycles. The molecule has 0 amide bonds. The van der Waals surface area contributed by atoms with Crippen LogP contribution in [0.5, 0.6) is 5.75 Å². The molecule has 4 nitrogen and oxygen atoms in total. The molecule has 2 rings (SSSR count). The number of aromatic hydroxyl groups is 1. The Morgan fingerprint density at radius 3 is 2.68 bits per heavy atom. The zero-order valence-electron chi connectivity index (χ0n) is 12.2. The van der Waals surface area contributed by atoms with Crippen molar-refractivity contribution in [3.63, 3.8) is 0 Å². The summed E-state index contributed by atoms with van der Waals surface area (Å²) in [6.45, 7) is 2.32. The van der Waals surface area contributed by atoms with Crippen LogP contribution in [0.15, 0.2) is 47.5 Å². The summed E-state index contributed by atoms with van der Waals surface area (Å²) in [5, 5.41) is 12.1. The van der Waals surface area contributed by atoms with E-state index < -0.39 is 5.82 Å². The summed E-state index contributed by atoms with van der Waals surface area (Å²) >= 11 is 0. The molecule has 0 aromatic heterocycles. The van der Waals surface area contributed by atoms with Crippen LogP contribution in [0.2, 0.25) is 0 Å². The molecule has 0 bridgehead atoms. The van der Waals surface area contributed by atoms with Gasteiger partial charge in [0, 0.05) is 5.69 Å². The van der Waals surface area contributed by atoms with E-state index in [9.17, 15) is 4.39 Å². The van der Waals surface area contributed by atoms with Gasteiger partial charge < -0.3 is 16.2 Å². The molecular formula is C16H19FIN3O. The molecule has 0 fully saturated rings. The monoisotopic (exact) mass is 415 g/mol. The number of guanidine groups is 1. The molecule has 6 heteroatoms. The molecule has 22 heavy (non-hydrogen) atoms. The lowest BCUT2D eigenvalue weighted by Crippen LogP contribution is -2.22. The molecular weight excluding hydrogens is 396 g/mol. The van der Waals surface area contributed by atoms with Crippen LogP contribution in [0.4, 0.5) is 10.1 Å². The van der Waals surface area contributed by atoms with Crippen molar-refractivity contribution in [2.45, 2.75) is 19.9 Å². The maximum Gasteiger partial charge on any atom is 0.193 e. The number of nitrogens with one attached hydrogen (secondary N) is 1. The molecule has 0 aliphatic rings. The van der Waals surface area contributed by atoms with E-state index in [1.54, 1.807) is 6.07 Å². The number of aryl methyl sites for hydroxylation is 1. The Kier molecular flexibility index (Phi) is 7.10. The maximum atomic E-state index is 13.2. The molecule has 0 unspecified atom stereocenters. The highest BCUT2D eigenvalue weighted by Gasteiger charge is 2.01. The van der Waals surface area contributed by atoms with E-state index in [4.69, 9.17) is 10.8 Å². The molecule has 118 valence electrons. The van der Waals surface area contributed by atoms with Gasteiger partial charge in [-0.25, -0.2) is 9.38 Å². The third-order valence-electron chi connectivity index (χ3n) is 3.05. The minimum Gasteiger partial charge on any atom is -0.505 e. The number of halogens is 2. The van der Waals surface area contributed by atoms with E-state index in [0.717, 1.165) is 12.1 Å². The number of benzene rings is 2. The van der Waals surface area contributed by atoms with Gasteiger partial charge in [0.15, 0.2) is 17.5 Å². The van der Waals surface area contributed by atoms with Crippen LogP contribution >= 0.6 is 24.0 Å². The first kappa shape index (κ1) is 18.2. The van der Waals surface area contributed by atoms with Gasteiger partial charge in [0.25, 0.3) is 0 Å². The number of anilines is 1. The van der Waals surface area contributed by atoms with Gasteiger partial charge >= 0.3 is 0 Å². The summed E-state index contributed by atoms with van der Waals surface area (Å²) in [7, 11) is 0. The van der Waals surface area contributed by atoms with Gasteiger partial charge in [-0.15, -0.1) is 24.0 Å². The van der Waals surface area contributed by atoms with E-state index in [1.807, 2.05) is 24.3 Å². The highest BCUT2D eigenvalue weighted by atomic mass is 127. The van der Waals surface area contributed by atoms with Crippen LogP contribution in [-0.4, -0.2) is 11.1 Å². The van der Waals surface area contributed by atoms with Gasteiger partial charge in [0.2, 0.25) is 0 Å². The lowest BCUT2D eigenvalue weighted by Gasteiger charge is -2.07. The fourth-order valence-corrected chi connectivity index (χ4v) is 1.88. The highest BCUT2D eigenvalue weighted by Crippen LogP contribution is 2.16. The molecule has 0 radical (unpaired) electrons. The van der Waals surface area contributed by atoms with E-state index in [0.29, 0.717) is 5.56 Å². The molecule has 0 saturated carbocycles. The van der Waals surface area contributed by atoms with Gasteiger partial charge in [0.05, 0.1) is 6.54 Å². The van der Waals surface area contributed by atoms with Crippen molar-refractivity contribution in [3.8, 4) is 5.75 Å². The summed E-state index contributed by atoms with van der Waals surface area (Å²) < 4.78 is 13.2. The van der Waals surface area contributed by atoms with Gasteiger partial charge in [-0.05, 0) is 41.8 Å². The summed E-state index contributed by atoms with van der Waals surface area (Å²) in [6.07, 6.45) is 0.944. The van der Waals surface area contributed by atoms with Gasteiger partial charge in [-0.2, -0.15) is 0 Å². The van der Waals surface area contributed by atoms with Gasteiger partial charge in [0.1, 0.15) is 0 Å². The Balaban J connectivity index is 0.00000242. The topological polar surface area (TPSA) is 70.6 Å². The first-order valence-electron chi connectivity index (χ1n) is 6.71. The van der Waals surface area contributed by atoms with Crippen molar-refractivity contribution in [2.75, 3.05) is 5.32 Å². The second-order valence-electron chi connectivity index (χ2n) is 4.67. The molecule has 0 aliphatic carbocycles. The van der Waals surface area contributed by atoms with Crippen molar-refractivity contribution < 1.29 is 9.50 Å². The Morgan fingerprint density at radius 1 is 1.23 bits per heavy atom. The fraction of sp³-hybridized carbons (Fsp3) is 0.188. The zero-order chi connectivity index (χ0) is 15.2. The van der Waals surface area contributed by atoms with Crippen LogP contribution in [0.1, 0.15) is 18.1 Å². The summed E-state index contributed by atoms with van der Waals surface area (Å²) in [4.78, 5) is 4.15. The van der Waals surface area contributed by atoms with Crippen LogP contribution in [-0.2, 0) is 13.0 Å². The van der Waals surface area contributed by atoms with Crippen LogP contribution < -0.4 is 11.1 Å². The molecule has 0 atom stereocenters. The van der Waals surface area contributed by atoms with Crippen molar-refractivity contribution in [1.82, 2.24) is 0 Å². The lowest BCUT2D eigenvalue weighted by molar-refractivity contribution is 0.432. The molecule has 4 N–H and O–H groups in total. The number of phenols is 1. The number of phenolic OH excluding ortho intramolecular Hbond substituents is 1. The normalized spacial score (nSPS) is 10.9. The zero-order valence-corrected chi connectivity index (χ0v) is 14.5. The number of aliphatic imine (C=N–C) groups is 1. The van der Waals surface area contributed by atoms with Crippen LogP contribution in [0, 0.1) is 5.82 Å². The van der Waals surface area contributed by atoms with E-state index in [1.165, 1.54) is 17.7 Å². The van der Waals surface area contributed by atoms with Crippen molar-refractivity contribution in [1.29, 1.82) is 0 Å². The minimum atomic E-state index is -0.662. The number of nitrogens with two attached hydrogens (primary N) is 1. The van der Waals surface area contributed by atoms with E-state index in [-0.39, 0.29) is 42.2 Å². The smallest absolute Gasteiger partial charge is 0.193 e. The lowest BCUT2D eigenvalue weighted by atomic mass is 10.1. The average molecular weight is 415 g/mol. The Bertz CT molecular complexity index is 662. The molecule has 2 aromatic rings. The van der Waals surface area contributed by atoms with E-state index in [2.05, 4.69) is 17.2 Å². The quantitative estimate of drug-likeness (QED) is 0.406. The number of nitrogens with zero attached hydrogens (tertiary/aromatic N) is 1. The predicted octanol–water partition coefficient (Wildman–Crippen LogP) is 3.64. The van der Waals surface area contributed by atoms with Crippen LogP contribution in [0.25, 0.3) is 0 Å². The standard InChI is InChI=1S/C16H18FN3O.HI/c1-2-11-4-3-5-13(8-11)20-16(18)19-10-12-6-7-15(21)14(17)9-12;/h3-9,21H,2,10H2,1H3,(H3,18,19,20);1H. The highest BCUT2D eigenvalue weighted by molar-refractivity contribution is 14.0. The number of rotatable bonds is 4. The molecule has 0 saturated heterocycles. The van der Waals surface area contributed by atoms with Crippen molar-refractivity contribution in [3.05, 3.63) is 59.4 Å². The van der Waals surface area contributed by atoms with Gasteiger partial charge in [-0.3, -0.25) is 0 Å². The van der Waals surface area contributed by atoms with Crippen LogP contribution in [0.3, 0.4) is 0 Å². The molecule has 0 spiro atoms. The first-order chi connectivity index (χ1) is 10.1. The third kappa shape index (κ3) is 5.18. The Morgan fingerprint density at radius 2 is 2.00 bits per heavy atom. The average Bonchev–Trinajstić information content (AvgIpc) is 2.48.